The van der Waals surface area contributed by atoms with E-state index in [4.69, 9.17) is 0 Å². The normalized spacial score (nSPS) is 19.9. The Hall–Kier alpha value is -1.71. The van der Waals surface area contributed by atoms with Crippen LogP contribution in [0.25, 0.3) is 0 Å². The Balaban J connectivity index is 1.56. The van der Waals surface area contributed by atoms with E-state index in [9.17, 15) is 0 Å². The van der Waals surface area contributed by atoms with Gasteiger partial charge in [-0.1, -0.05) is 36.4 Å². The Morgan fingerprint density at radius 1 is 1.15 bits per heavy atom. The Labute approximate surface area is 120 Å². The number of piperazine rings is 1. The van der Waals surface area contributed by atoms with Gasteiger partial charge < -0.3 is 5.32 Å². The Bertz CT molecular complexity index is 512. The molecule has 1 fully saturated rings. The summed E-state index contributed by atoms with van der Waals surface area (Å²) in [5.74, 6) is 0. The van der Waals surface area contributed by atoms with Crippen LogP contribution < -0.4 is 5.32 Å². The lowest BCUT2D eigenvalue weighted by molar-refractivity contribution is 0.203. The molecule has 0 radical (unpaired) electrons. The predicted octanol–water partition coefficient (Wildman–Crippen LogP) is 2.27. The van der Waals surface area contributed by atoms with Gasteiger partial charge in [0, 0.05) is 44.6 Å². The summed E-state index contributed by atoms with van der Waals surface area (Å²) < 4.78 is 0. The average molecular weight is 267 g/mol. The number of nitrogens with one attached hydrogen (secondary N) is 1. The fourth-order valence-corrected chi connectivity index (χ4v) is 2.76. The molecule has 2 heterocycles. The number of nitrogens with zero attached hydrogens (tertiary/aromatic N) is 2. The van der Waals surface area contributed by atoms with Crippen LogP contribution in [-0.4, -0.2) is 36.1 Å². The van der Waals surface area contributed by atoms with Gasteiger partial charge in [0.05, 0.1) is 0 Å². The maximum atomic E-state index is 4.18. The van der Waals surface area contributed by atoms with Crippen LogP contribution in [-0.2, 0) is 6.42 Å². The highest BCUT2D eigenvalue weighted by molar-refractivity contribution is 5.20. The lowest BCUT2D eigenvalue weighted by Crippen LogP contribution is -2.46. The summed E-state index contributed by atoms with van der Waals surface area (Å²) in [5, 5.41) is 3.61. The lowest BCUT2D eigenvalue weighted by atomic mass is 10.0. The van der Waals surface area contributed by atoms with Crippen molar-refractivity contribution < 1.29 is 0 Å². The van der Waals surface area contributed by atoms with Gasteiger partial charge in [-0.2, -0.15) is 0 Å². The Morgan fingerprint density at radius 2 is 2.05 bits per heavy atom. The van der Waals surface area contributed by atoms with Crippen molar-refractivity contribution in [3.05, 3.63) is 66.0 Å². The third kappa shape index (κ3) is 3.44. The van der Waals surface area contributed by atoms with Crippen LogP contribution in [0.4, 0.5) is 0 Å². The second kappa shape index (κ2) is 6.64. The summed E-state index contributed by atoms with van der Waals surface area (Å²) in [6.07, 6.45) is 4.88. The van der Waals surface area contributed by atoms with E-state index in [0.717, 1.165) is 32.6 Å². The van der Waals surface area contributed by atoms with Crippen LogP contribution in [0.3, 0.4) is 0 Å². The first-order valence-corrected chi connectivity index (χ1v) is 7.31. The zero-order valence-electron chi connectivity index (χ0n) is 11.7. The second-order valence-electron chi connectivity index (χ2n) is 5.33. The zero-order chi connectivity index (χ0) is 13.6. The summed E-state index contributed by atoms with van der Waals surface area (Å²) in [5.41, 5.74) is 2.71. The molecule has 20 heavy (non-hydrogen) atoms. The van der Waals surface area contributed by atoms with Crippen molar-refractivity contribution in [1.82, 2.24) is 15.2 Å². The van der Waals surface area contributed by atoms with E-state index in [1.54, 1.807) is 0 Å². The first-order chi connectivity index (χ1) is 9.92. The molecular weight excluding hydrogens is 246 g/mol. The molecule has 0 spiro atoms. The molecular formula is C17H21N3. The molecule has 3 nitrogen and oxygen atoms in total. The average Bonchev–Trinajstić information content (AvgIpc) is 2.55. The van der Waals surface area contributed by atoms with E-state index >= 15 is 0 Å². The quantitative estimate of drug-likeness (QED) is 0.921. The predicted molar refractivity (Wildman–Crippen MR) is 81.6 cm³/mol. The largest absolute Gasteiger partial charge is 0.308 e. The van der Waals surface area contributed by atoms with Crippen molar-refractivity contribution in [2.45, 2.75) is 12.5 Å². The smallest absolute Gasteiger partial charge is 0.0449 e. The second-order valence-corrected chi connectivity index (χ2v) is 5.33. The minimum absolute atomic E-state index is 0.457. The minimum atomic E-state index is 0.457. The highest BCUT2D eigenvalue weighted by atomic mass is 15.2. The lowest BCUT2D eigenvalue weighted by Gasteiger charge is -2.34. The number of aromatic nitrogens is 1. The standard InChI is InChI=1S/C17H21N3/c1-2-6-16(7-3-1)17-14-20(12-10-19-17)11-8-15-5-4-9-18-13-15/h1-7,9,13,17,19H,8,10-12,14H2. The van der Waals surface area contributed by atoms with Crippen LogP contribution >= 0.6 is 0 Å². The molecule has 1 saturated heterocycles. The van der Waals surface area contributed by atoms with Gasteiger partial charge in [0.1, 0.15) is 0 Å². The molecule has 0 aliphatic carbocycles. The molecule has 0 saturated carbocycles. The molecule has 1 aromatic carbocycles. The van der Waals surface area contributed by atoms with Gasteiger partial charge in [0.25, 0.3) is 0 Å². The van der Waals surface area contributed by atoms with E-state index in [2.05, 4.69) is 51.6 Å². The monoisotopic (exact) mass is 267 g/mol. The van der Waals surface area contributed by atoms with Crippen LogP contribution in [0.5, 0.6) is 0 Å². The molecule has 104 valence electrons. The first-order valence-electron chi connectivity index (χ1n) is 7.31. The molecule has 0 amide bonds. The van der Waals surface area contributed by atoms with Gasteiger partial charge in [-0.05, 0) is 23.6 Å². The van der Waals surface area contributed by atoms with Gasteiger partial charge >= 0.3 is 0 Å². The topological polar surface area (TPSA) is 28.2 Å². The van der Waals surface area contributed by atoms with Crippen molar-refractivity contribution in [3.8, 4) is 0 Å². The van der Waals surface area contributed by atoms with Gasteiger partial charge in [0.2, 0.25) is 0 Å². The molecule has 0 bridgehead atoms. The fraction of sp³-hybridized carbons (Fsp3) is 0.353. The van der Waals surface area contributed by atoms with Crippen LogP contribution in [0.2, 0.25) is 0 Å². The number of pyridine rings is 1. The van der Waals surface area contributed by atoms with E-state index in [-0.39, 0.29) is 0 Å². The van der Waals surface area contributed by atoms with Gasteiger partial charge in [-0.25, -0.2) is 0 Å². The van der Waals surface area contributed by atoms with Crippen molar-refractivity contribution in [3.63, 3.8) is 0 Å². The number of rotatable bonds is 4. The van der Waals surface area contributed by atoms with Crippen molar-refractivity contribution in [2.75, 3.05) is 26.2 Å². The molecule has 1 aliphatic heterocycles. The highest BCUT2D eigenvalue weighted by Gasteiger charge is 2.19. The molecule has 1 unspecified atom stereocenters. The third-order valence-corrected chi connectivity index (χ3v) is 3.90. The van der Waals surface area contributed by atoms with E-state index < -0.39 is 0 Å². The molecule has 1 atom stereocenters. The van der Waals surface area contributed by atoms with E-state index in [1.165, 1.54) is 11.1 Å². The van der Waals surface area contributed by atoms with E-state index in [0.29, 0.717) is 6.04 Å². The SMILES string of the molecule is c1ccc(C2CN(CCc3cccnc3)CCN2)cc1. The summed E-state index contributed by atoms with van der Waals surface area (Å²) in [6.45, 7) is 4.39. The summed E-state index contributed by atoms with van der Waals surface area (Å²) in [6, 6.07) is 15.4. The molecule has 2 aromatic rings. The Kier molecular flexibility index (Phi) is 4.41. The number of hydrogen-bond donors (Lipinski definition) is 1. The first kappa shape index (κ1) is 13.3. The van der Waals surface area contributed by atoms with Crippen molar-refractivity contribution >= 4 is 0 Å². The summed E-state index contributed by atoms with van der Waals surface area (Å²) in [7, 11) is 0. The van der Waals surface area contributed by atoms with Crippen molar-refractivity contribution in [2.24, 2.45) is 0 Å². The van der Waals surface area contributed by atoms with Crippen LogP contribution in [0.1, 0.15) is 17.2 Å². The van der Waals surface area contributed by atoms with Gasteiger partial charge in [-0.3, -0.25) is 9.88 Å². The van der Waals surface area contributed by atoms with Crippen LogP contribution in [0.15, 0.2) is 54.9 Å². The molecule has 1 aliphatic rings. The Morgan fingerprint density at radius 3 is 2.85 bits per heavy atom. The molecule has 3 heteroatoms. The van der Waals surface area contributed by atoms with Gasteiger partial charge in [0.15, 0.2) is 0 Å². The van der Waals surface area contributed by atoms with Gasteiger partial charge in [-0.15, -0.1) is 0 Å². The molecule has 1 aromatic heterocycles. The maximum Gasteiger partial charge on any atom is 0.0449 e. The summed E-state index contributed by atoms with van der Waals surface area (Å²) in [4.78, 5) is 6.72. The molecule has 1 N–H and O–H groups in total. The van der Waals surface area contributed by atoms with E-state index in [1.807, 2.05) is 18.5 Å². The fourth-order valence-electron chi connectivity index (χ4n) is 2.76. The zero-order valence-corrected chi connectivity index (χ0v) is 11.7. The highest BCUT2D eigenvalue weighted by Crippen LogP contribution is 2.17. The maximum absolute atomic E-state index is 4.18. The van der Waals surface area contributed by atoms with Crippen LogP contribution in [0, 0.1) is 0 Å². The third-order valence-electron chi connectivity index (χ3n) is 3.90. The number of benzene rings is 1. The summed E-state index contributed by atoms with van der Waals surface area (Å²) >= 11 is 0. The minimum Gasteiger partial charge on any atom is -0.308 e. The number of hydrogen-bond acceptors (Lipinski definition) is 3. The molecule has 3 rings (SSSR count). The van der Waals surface area contributed by atoms with Crippen molar-refractivity contribution in [1.29, 1.82) is 0 Å².